The van der Waals surface area contributed by atoms with Gasteiger partial charge in [0.05, 0.1) is 0 Å². The minimum Gasteiger partial charge on any atom is -0.480 e. The molecule has 0 spiro atoms. The maximum atomic E-state index is 13.3. The first kappa shape index (κ1) is 31.8. The van der Waals surface area contributed by atoms with Crippen LogP contribution in [0.3, 0.4) is 0 Å². The molecule has 0 aliphatic rings. The molecule has 1 aromatic carbocycles. The highest BCUT2D eigenvalue weighted by Crippen LogP contribution is 2.28. The minimum atomic E-state index is -1.14. The smallest absolute Gasteiger partial charge is 0.407 e. The van der Waals surface area contributed by atoms with E-state index < -0.39 is 29.6 Å². The Morgan fingerprint density at radius 1 is 0.854 bits per heavy atom. The van der Waals surface area contributed by atoms with Crippen LogP contribution in [0.4, 0.5) is 4.79 Å². The first-order chi connectivity index (χ1) is 19.5. The second-order valence-electron chi connectivity index (χ2n) is 10.0. The van der Waals surface area contributed by atoms with Crippen LogP contribution in [-0.4, -0.2) is 73.7 Å². The van der Waals surface area contributed by atoms with E-state index in [2.05, 4.69) is 30.6 Å². The maximum absolute atomic E-state index is 13.3. The second-order valence-corrected chi connectivity index (χ2v) is 11.6. The number of benzene rings is 1. The van der Waals surface area contributed by atoms with Crippen molar-refractivity contribution in [1.29, 1.82) is 0 Å². The number of hydrogen-bond donors (Lipinski definition) is 3. The molecule has 1 atom stereocenters. The summed E-state index contributed by atoms with van der Waals surface area (Å²) in [5.41, 5.74) is 2.46. The van der Waals surface area contributed by atoms with Crippen LogP contribution in [0.5, 0.6) is 0 Å². The Hall–Kier alpha value is -3.71. The number of nitrogens with zero attached hydrogens (tertiary/aromatic N) is 4. The topological polar surface area (TPSA) is 156 Å². The largest absolute Gasteiger partial charge is 0.480 e. The van der Waals surface area contributed by atoms with Crippen molar-refractivity contribution in [3.8, 4) is 22.3 Å². The van der Waals surface area contributed by atoms with Crippen molar-refractivity contribution in [2.24, 2.45) is 0 Å². The summed E-state index contributed by atoms with van der Waals surface area (Å²) in [4.78, 5) is 54.4. The molecule has 0 radical (unpaired) electrons. The van der Waals surface area contributed by atoms with E-state index in [-0.39, 0.29) is 12.0 Å². The van der Waals surface area contributed by atoms with Crippen molar-refractivity contribution in [1.82, 2.24) is 30.6 Å². The lowest BCUT2D eigenvalue weighted by atomic mass is 9.98. The number of rotatable bonds is 12. The molecule has 3 N–H and O–H groups in total. The Bertz CT molecular complexity index is 1280. The van der Waals surface area contributed by atoms with Crippen molar-refractivity contribution in [3.05, 3.63) is 48.5 Å². The fourth-order valence-electron chi connectivity index (χ4n) is 3.71. The molecule has 0 saturated heterocycles. The van der Waals surface area contributed by atoms with Crippen molar-refractivity contribution in [3.63, 3.8) is 0 Å². The van der Waals surface area contributed by atoms with E-state index >= 15 is 0 Å². The molecular weight excluding hydrogens is 564 g/mol. The third-order valence-electron chi connectivity index (χ3n) is 5.67. The van der Waals surface area contributed by atoms with Crippen LogP contribution < -0.4 is 10.6 Å². The number of carboxylic acids is 1. The van der Waals surface area contributed by atoms with Crippen molar-refractivity contribution >= 4 is 41.5 Å². The molecule has 3 rings (SSSR count). The van der Waals surface area contributed by atoms with Gasteiger partial charge < -0.3 is 20.5 Å². The summed E-state index contributed by atoms with van der Waals surface area (Å²) in [6.07, 6.45) is 11.1. The van der Waals surface area contributed by atoms with E-state index in [4.69, 9.17) is 4.74 Å². The number of nitrogens with one attached hydrogen (secondary N) is 2. The van der Waals surface area contributed by atoms with Crippen molar-refractivity contribution in [2.75, 3.05) is 19.1 Å². The summed E-state index contributed by atoms with van der Waals surface area (Å²) in [5.74, 6) is -1.67. The zero-order chi connectivity index (χ0) is 30.0. The Balaban J connectivity index is 1.76. The van der Waals surface area contributed by atoms with Gasteiger partial charge >= 0.3 is 12.1 Å². The lowest BCUT2D eigenvalue weighted by Crippen LogP contribution is -2.41. The zero-order valence-electron chi connectivity index (χ0n) is 23.6. The molecule has 0 fully saturated rings. The zero-order valence-corrected chi connectivity index (χ0v) is 25.3. The number of carbonyl (C=O) groups excluding carboxylic acids is 2. The van der Waals surface area contributed by atoms with Crippen LogP contribution in [-0.2, 0) is 9.53 Å². The quantitative estimate of drug-likeness (QED) is 0.148. The molecule has 0 saturated carbocycles. The van der Waals surface area contributed by atoms with Gasteiger partial charge in [0.1, 0.15) is 11.6 Å². The Morgan fingerprint density at radius 3 is 1.80 bits per heavy atom. The van der Waals surface area contributed by atoms with Gasteiger partial charge in [-0.05, 0) is 81.9 Å². The highest BCUT2D eigenvalue weighted by atomic mass is 32.2. The molecule has 11 nitrogen and oxygen atoms in total. The molecule has 0 unspecified atom stereocenters. The van der Waals surface area contributed by atoms with Crippen LogP contribution >= 0.6 is 23.5 Å². The van der Waals surface area contributed by atoms with E-state index in [1.807, 2.05) is 18.6 Å². The van der Waals surface area contributed by atoms with Gasteiger partial charge in [-0.2, -0.15) is 0 Å². The summed E-state index contributed by atoms with van der Waals surface area (Å²) < 4.78 is 5.19. The first-order valence-electron chi connectivity index (χ1n) is 12.9. The molecular formula is C28H34N6O5S2. The molecule has 0 aliphatic carbocycles. The molecule has 0 aliphatic heterocycles. The number of ether oxygens (including phenoxy) is 1. The summed E-state index contributed by atoms with van der Waals surface area (Å²) in [6, 6.07) is 4.14. The number of thioether (sulfide) groups is 2. The molecule has 2 amide bonds. The Morgan fingerprint density at radius 2 is 1.37 bits per heavy atom. The SMILES string of the molecule is CSc1ncc(-c2cc(C(=O)N[C@@H](CCCCNC(=O)OC(C)(C)C)C(=O)O)cc(-c3cnc(SC)nc3)c2)cn1. The standard InChI is InChI=1S/C28H34N6O5S2/c1-28(2,3)39-27(38)29-9-7-6-8-22(24(36)37)34-23(35)19-11-17(20-13-30-25(40-4)31-14-20)10-18(12-19)21-15-32-26(41-5)33-16-21/h10-16,22H,6-9H2,1-5H3,(H,29,38)(H,34,35)(H,36,37)/t22-/m0/s1. The summed E-state index contributed by atoms with van der Waals surface area (Å²) in [5, 5.41) is 16.3. The number of aliphatic carboxylic acids is 1. The normalized spacial score (nSPS) is 11.9. The average molecular weight is 599 g/mol. The van der Waals surface area contributed by atoms with Gasteiger partial charge in [-0.15, -0.1) is 0 Å². The summed E-state index contributed by atoms with van der Waals surface area (Å²) in [7, 11) is 0. The third-order valence-corrected chi connectivity index (χ3v) is 6.83. The van der Waals surface area contributed by atoms with E-state index in [0.717, 1.165) is 0 Å². The van der Waals surface area contributed by atoms with Gasteiger partial charge in [0, 0.05) is 48.0 Å². The number of unbranched alkanes of at least 4 members (excludes halogenated alkanes) is 1. The first-order valence-corrected chi connectivity index (χ1v) is 15.3. The Labute approximate surface area is 247 Å². The van der Waals surface area contributed by atoms with Gasteiger partial charge in [0.2, 0.25) is 0 Å². The fourth-order valence-corrected chi connectivity index (χ4v) is 4.34. The Kier molecular flexibility index (Phi) is 11.5. The van der Waals surface area contributed by atoms with Gasteiger partial charge in [-0.1, -0.05) is 23.5 Å². The maximum Gasteiger partial charge on any atom is 0.407 e. The number of carbonyl (C=O) groups is 3. The van der Waals surface area contributed by atoms with E-state index in [9.17, 15) is 19.5 Å². The van der Waals surface area contributed by atoms with Crippen LogP contribution in [0, 0.1) is 0 Å². The molecule has 13 heteroatoms. The fraction of sp³-hybridized carbons (Fsp3) is 0.393. The summed E-state index contributed by atoms with van der Waals surface area (Å²) >= 11 is 2.84. The van der Waals surface area contributed by atoms with E-state index in [1.165, 1.54) is 23.5 Å². The molecule has 0 bridgehead atoms. The highest BCUT2D eigenvalue weighted by molar-refractivity contribution is 7.98. The summed E-state index contributed by atoms with van der Waals surface area (Å²) in [6.45, 7) is 5.65. The number of carboxylic acid groups (broad SMARTS) is 1. The van der Waals surface area contributed by atoms with Crippen LogP contribution in [0.1, 0.15) is 50.4 Å². The van der Waals surface area contributed by atoms with E-state index in [1.54, 1.807) is 57.7 Å². The molecule has 2 heterocycles. The molecule has 218 valence electrons. The second kappa shape index (κ2) is 14.8. The molecule has 41 heavy (non-hydrogen) atoms. The van der Waals surface area contributed by atoms with Crippen molar-refractivity contribution in [2.45, 2.75) is 62.0 Å². The monoisotopic (exact) mass is 598 g/mol. The minimum absolute atomic E-state index is 0.192. The van der Waals surface area contributed by atoms with Crippen molar-refractivity contribution < 1.29 is 24.2 Å². The predicted molar refractivity (Wildman–Crippen MR) is 159 cm³/mol. The average Bonchev–Trinajstić information content (AvgIpc) is 2.95. The third kappa shape index (κ3) is 10.0. The molecule has 3 aromatic rings. The van der Waals surface area contributed by atoms with Gasteiger partial charge in [-0.3, -0.25) is 4.79 Å². The number of aromatic nitrogens is 4. The van der Waals surface area contributed by atoms with Crippen LogP contribution in [0.2, 0.25) is 0 Å². The number of hydrogen-bond acceptors (Lipinski definition) is 10. The lowest BCUT2D eigenvalue weighted by molar-refractivity contribution is -0.139. The highest BCUT2D eigenvalue weighted by Gasteiger charge is 2.22. The van der Waals surface area contributed by atoms with Crippen LogP contribution in [0.25, 0.3) is 22.3 Å². The van der Waals surface area contributed by atoms with Gasteiger partial charge in [-0.25, -0.2) is 29.5 Å². The predicted octanol–water partition coefficient (Wildman–Crippen LogP) is 4.92. The van der Waals surface area contributed by atoms with Gasteiger partial charge in [0.15, 0.2) is 10.3 Å². The lowest BCUT2D eigenvalue weighted by Gasteiger charge is -2.19. The molecule has 2 aromatic heterocycles. The number of amides is 2. The van der Waals surface area contributed by atoms with Crippen LogP contribution in [0.15, 0.2) is 53.3 Å². The van der Waals surface area contributed by atoms with E-state index in [0.29, 0.717) is 52.0 Å². The van der Waals surface area contributed by atoms with Gasteiger partial charge in [0.25, 0.3) is 5.91 Å². The number of alkyl carbamates (subject to hydrolysis) is 1.